The smallest absolute Gasteiger partial charge is 0.225 e. The molecule has 4 rings (SSSR count). The van der Waals surface area contributed by atoms with E-state index in [-0.39, 0.29) is 23.8 Å². The first-order valence-corrected chi connectivity index (χ1v) is 9.39. The Morgan fingerprint density at radius 2 is 1.89 bits per heavy atom. The average molecular weight is 374 g/mol. The molecule has 1 atom stereocenters. The second-order valence-corrected chi connectivity index (χ2v) is 7.68. The van der Waals surface area contributed by atoms with E-state index in [1.165, 1.54) is 12.1 Å². The van der Waals surface area contributed by atoms with Crippen LogP contribution in [0.1, 0.15) is 18.4 Å². The zero-order valence-electron chi connectivity index (χ0n) is 15.2. The van der Waals surface area contributed by atoms with Gasteiger partial charge in [0.05, 0.1) is 0 Å². The SMILES string of the molecule is OCC1CN(c2ncccn2)CC12CCN(Cc1cc(F)ccc1F)CC2. The average Bonchev–Trinajstić information content (AvgIpc) is 3.05. The third-order valence-corrected chi connectivity index (χ3v) is 6.12. The largest absolute Gasteiger partial charge is 0.396 e. The van der Waals surface area contributed by atoms with Gasteiger partial charge in [0.25, 0.3) is 0 Å². The first-order valence-electron chi connectivity index (χ1n) is 9.39. The highest BCUT2D eigenvalue weighted by atomic mass is 19.1. The highest BCUT2D eigenvalue weighted by Gasteiger charge is 2.48. The minimum atomic E-state index is -0.408. The molecule has 5 nitrogen and oxygen atoms in total. The van der Waals surface area contributed by atoms with E-state index in [1.807, 2.05) is 0 Å². The summed E-state index contributed by atoms with van der Waals surface area (Å²) in [4.78, 5) is 13.0. The fourth-order valence-electron chi connectivity index (χ4n) is 4.52. The van der Waals surface area contributed by atoms with Crippen LogP contribution in [-0.4, -0.2) is 52.8 Å². The van der Waals surface area contributed by atoms with Crippen molar-refractivity contribution in [3.8, 4) is 0 Å². The van der Waals surface area contributed by atoms with Crippen molar-refractivity contribution >= 4 is 5.95 Å². The van der Waals surface area contributed by atoms with Gasteiger partial charge >= 0.3 is 0 Å². The van der Waals surface area contributed by atoms with Crippen LogP contribution in [0.5, 0.6) is 0 Å². The number of aliphatic hydroxyl groups is 1. The zero-order valence-corrected chi connectivity index (χ0v) is 15.2. The van der Waals surface area contributed by atoms with E-state index in [4.69, 9.17) is 0 Å². The first kappa shape index (κ1) is 18.3. The number of hydrogen-bond acceptors (Lipinski definition) is 5. The van der Waals surface area contributed by atoms with Crippen molar-refractivity contribution in [1.82, 2.24) is 14.9 Å². The van der Waals surface area contributed by atoms with Crippen molar-refractivity contribution in [2.24, 2.45) is 11.3 Å². The van der Waals surface area contributed by atoms with Gasteiger partial charge in [0.15, 0.2) is 0 Å². The molecule has 1 aromatic carbocycles. The van der Waals surface area contributed by atoms with Crippen molar-refractivity contribution in [3.05, 3.63) is 53.9 Å². The Hall–Kier alpha value is -2.12. The number of nitrogens with zero attached hydrogens (tertiary/aromatic N) is 4. The minimum absolute atomic E-state index is 0.0188. The summed E-state index contributed by atoms with van der Waals surface area (Å²) in [6, 6.07) is 5.41. The number of likely N-dealkylation sites (tertiary alicyclic amines) is 1. The molecule has 0 amide bonds. The summed E-state index contributed by atoms with van der Waals surface area (Å²) in [5.74, 6) is 0.110. The van der Waals surface area contributed by atoms with Crippen molar-refractivity contribution in [1.29, 1.82) is 0 Å². The molecule has 0 radical (unpaired) electrons. The molecule has 2 saturated heterocycles. The molecular weight excluding hydrogens is 350 g/mol. The van der Waals surface area contributed by atoms with Gasteiger partial charge in [0.1, 0.15) is 11.6 Å². The second-order valence-electron chi connectivity index (χ2n) is 7.68. The number of hydrogen-bond donors (Lipinski definition) is 1. The second kappa shape index (κ2) is 7.48. The summed E-state index contributed by atoms with van der Waals surface area (Å²) < 4.78 is 27.3. The maximum Gasteiger partial charge on any atom is 0.225 e. The van der Waals surface area contributed by atoms with E-state index in [0.717, 1.165) is 45.1 Å². The van der Waals surface area contributed by atoms with E-state index >= 15 is 0 Å². The molecule has 1 spiro atoms. The fourth-order valence-corrected chi connectivity index (χ4v) is 4.52. The molecule has 2 aromatic rings. The lowest BCUT2D eigenvalue weighted by Gasteiger charge is -2.42. The third-order valence-electron chi connectivity index (χ3n) is 6.12. The number of rotatable bonds is 4. The molecule has 7 heteroatoms. The number of halogens is 2. The molecule has 144 valence electrons. The summed E-state index contributed by atoms with van der Waals surface area (Å²) in [5.41, 5.74) is 0.417. The maximum absolute atomic E-state index is 13.9. The summed E-state index contributed by atoms with van der Waals surface area (Å²) in [5, 5.41) is 9.94. The molecule has 0 bridgehead atoms. The van der Waals surface area contributed by atoms with Crippen molar-refractivity contribution in [3.63, 3.8) is 0 Å². The van der Waals surface area contributed by atoms with E-state index in [0.29, 0.717) is 18.1 Å². The van der Waals surface area contributed by atoms with Gasteiger partial charge in [-0.15, -0.1) is 0 Å². The Kier molecular flexibility index (Phi) is 5.06. The number of piperidine rings is 1. The van der Waals surface area contributed by atoms with Gasteiger partial charge in [0, 0.05) is 50.1 Å². The molecular formula is C20H24F2N4O. The molecule has 0 saturated carbocycles. The molecule has 2 fully saturated rings. The Bertz CT molecular complexity index is 781. The maximum atomic E-state index is 13.9. The van der Waals surface area contributed by atoms with Gasteiger partial charge in [-0.25, -0.2) is 18.7 Å². The predicted molar refractivity (Wildman–Crippen MR) is 98.1 cm³/mol. The van der Waals surface area contributed by atoms with Gasteiger partial charge in [-0.2, -0.15) is 0 Å². The molecule has 1 aromatic heterocycles. The third kappa shape index (κ3) is 3.66. The molecule has 1 unspecified atom stereocenters. The Morgan fingerprint density at radius 1 is 1.15 bits per heavy atom. The quantitative estimate of drug-likeness (QED) is 0.891. The van der Waals surface area contributed by atoms with Crippen LogP contribution >= 0.6 is 0 Å². The van der Waals surface area contributed by atoms with Crippen molar-refractivity contribution < 1.29 is 13.9 Å². The number of anilines is 1. The molecule has 1 N–H and O–H groups in total. The topological polar surface area (TPSA) is 52.5 Å². The van der Waals surface area contributed by atoms with Gasteiger partial charge in [-0.1, -0.05) is 0 Å². The monoisotopic (exact) mass is 374 g/mol. The lowest BCUT2D eigenvalue weighted by atomic mass is 9.71. The molecule has 2 aliphatic rings. The Labute approximate surface area is 157 Å². The molecule has 27 heavy (non-hydrogen) atoms. The van der Waals surface area contributed by atoms with Crippen LogP contribution < -0.4 is 4.90 Å². The summed E-state index contributed by atoms with van der Waals surface area (Å²) in [6.45, 7) is 3.73. The van der Waals surface area contributed by atoms with E-state index in [2.05, 4.69) is 19.8 Å². The number of aromatic nitrogens is 2. The Balaban J connectivity index is 1.43. The first-order chi connectivity index (χ1) is 13.1. The van der Waals surface area contributed by atoms with Gasteiger partial charge in [-0.3, -0.25) is 4.90 Å². The lowest BCUT2D eigenvalue weighted by molar-refractivity contribution is 0.0502. The summed E-state index contributed by atoms with van der Waals surface area (Å²) >= 11 is 0. The van der Waals surface area contributed by atoms with Crippen LogP contribution in [0.15, 0.2) is 36.7 Å². The summed E-state index contributed by atoms with van der Waals surface area (Å²) in [6.07, 6.45) is 5.30. The highest BCUT2D eigenvalue weighted by Crippen LogP contribution is 2.45. The van der Waals surface area contributed by atoms with Crippen LogP contribution in [0.3, 0.4) is 0 Å². The van der Waals surface area contributed by atoms with Crippen molar-refractivity contribution in [2.45, 2.75) is 19.4 Å². The van der Waals surface area contributed by atoms with Crippen LogP contribution in [0, 0.1) is 23.0 Å². The number of benzene rings is 1. The molecule has 3 heterocycles. The van der Waals surface area contributed by atoms with Crippen LogP contribution in [0.2, 0.25) is 0 Å². The van der Waals surface area contributed by atoms with Gasteiger partial charge in [0.2, 0.25) is 5.95 Å². The minimum Gasteiger partial charge on any atom is -0.396 e. The highest BCUT2D eigenvalue weighted by molar-refractivity contribution is 5.33. The normalized spacial score (nSPS) is 22.5. The van der Waals surface area contributed by atoms with E-state index in [9.17, 15) is 13.9 Å². The predicted octanol–water partition coefficient (Wildman–Crippen LogP) is 2.47. The zero-order chi connectivity index (χ0) is 18.9. The van der Waals surface area contributed by atoms with Crippen molar-refractivity contribution in [2.75, 3.05) is 37.7 Å². The van der Waals surface area contributed by atoms with Crippen LogP contribution in [0.4, 0.5) is 14.7 Å². The Morgan fingerprint density at radius 3 is 2.59 bits per heavy atom. The molecule has 0 aliphatic carbocycles. The number of aliphatic hydroxyl groups excluding tert-OH is 1. The standard InChI is InChI=1S/C20H24F2N4O/c21-17-2-3-18(22)15(10-17)11-25-8-4-20(5-9-25)14-26(12-16(20)13-27)19-23-6-1-7-24-19/h1-3,6-7,10,16,27H,4-5,8-9,11-14H2. The van der Waals surface area contributed by atoms with Gasteiger partial charge in [-0.05, 0) is 55.6 Å². The van der Waals surface area contributed by atoms with Crippen LogP contribution in [0.25, 0.3) is 0 Å². The summed E-state index contributed by atoms with van der Waals surface area (Å²) in [7, 11) is 0. The van der Waals surface area contributed by atoms with Crippen LogP contribution in [-0.2, 0) is 6.54 Å². The fraction of sp³-hybridized carbons (Fsp3) is 0.500. The van der Waals surface area contributed by atoms with E-state index in [1.54, 1.807) is 18.5 Å². The van der Waals surface area contributed by atoms with E-state index < -0.39 is 5.82 Å². The molecule has 2 aliphatic heterocycles. The van der Waals surface area contributed by atoms with Gasteiger partial charge < -0.3 is 10.0 Å². The lowest BCUT2D eigenvalue weighted by Crippen LogP contribution is -2.44.